The minimum atomic E-state index is -0.0964. The van der Waals surface area contributed by atoms with E-state index in [1.807, 2.05) is 54.8 Å². The summed E-state index contributed by atoms with van der Waals surface area (Å²) in [4.78, 5) is 12.5. The summed E-state index contributed by atoms with van der Waals surface area (Å²) in [5.74, 6) is -0.0964. The predicted octanol–water partition coefficient (Wildman–Crippen LogP) is 3.70. The fourth-order valence-corrected chi connectivity index (χ4v) is 2.70. The van der Waals surface area contributed by atoms with Crippen LogP contribution in [-0.2, 0) is 6.42 Å². The van der Waals surface area contributed by atoms with Gasteiger partial charge in [-0.05, 0) is 61.2 Å². The van der Waals surface area contributed by atoms with Crippen molar-refractivity contribution in [1.29, 1.82) is 0 Å². The predicted molar refractivity (Wildman–Crippen MR) is 94.6 cm³/mol. The van der Waals surface area contributed by atoms with Gasteiger partial charge in [0.1, 0.15) is 12.7 Å². The van der Waals surface area contributed by atoms with Crippen LogP contribution in [0.2, 0.25) is 0 Å². The maximum Gasteiger partial charge on any atom is 0.255 e. The number of carbonyl (C=O) groups excluding carboxylic acids is 1. The third kappa shape index (κ3) is 3.20. The number of rotatable bonds is 4. The van der Waals surface area contributed by atoms with Gasteiger partial charge in [0.05, 0.1) is 0 Å². The fourth-order valence-electron chi connectivity index (χ4n) is 2.70. The first kappa shape index (κ1) is 15.9. The van der Waals surface area contributed by atoms with Crippen molar-refractivity contribution in [3.8, 4) is 5.69 Å². The molecule has 2 aromatic carbocycles. The summed E-state index contributed by atoms with van der Waals surface area (Å²) >= 11 is 0. The van der Waals surface area contributed by atoms with Gasteiger partial charge in [-0.25, -0.2) is 0 Å². The highest BCUT2D eigenvalue weighted by molar-refractivity contribution is 6.05. The van der Waals surface area contributed by atoms with Gasteiger partial charge in [0.15, 0.2) is 0 Å². The molecule has 1 N–H and O–H groups in total. The van der Waals surface area contributed by atoms with Gasteiger partial charge in [-0.3, -0.25) is 9.36 Å². The average molecular weight is 320 g/mol. The molecule has 0 saturated carbocycles. The molecule has 1 amide bonds. The van der Waals surface area contributed by atoms with Gasteiger partial charge < -0.3 is 5.32 Å². The number of hydrogen-bond acceptors (Lipinski definition) is 3. The topological polar surface area (TPSA) is 59.8 Å². The summed E-state index contributed by atoms with van der Waals surface area (Å²) < 4.78 is 1.84. The van der Waals surface area contributed by atoms with E-state index in [1.165, 1.54) is 5.56 Å². The van der Waals surface area contributed by atoms with E-state index in [0.717, 1.165) is 28.9 Å². The third-order valence-electron chi connectivity index (χ3n) is 4.10. The summed E-state index contributed by atoms with van der Waals surface area (Å²) in [5, 5.41) is 10.7. The highest BCUT2D eigenvalue weighted by Gasteiger charge is 2.11. The second-order valence-corrected chi connectivity index (χ2v) is 5.83. The first-order valence-corrected chi connectivity index (χ1v) is 7.95. The molecular weight excluding hydrogens is 300 g/mol. The van der Waals surface area contributed by atoms with Gasteiger partial charge in [0.2, 0.25) is 0 Å². The zero-order valence-electron chi connectivity index (χ0n) is 14.1. The molecule has 0 atom stereocenters. The Morgan fingerprint density at radius 3 is 2.17 bits per heavy atom. The molecule has 0 unspecified atom stereocenters. The Morgan fingerprint density at radius 2 is 1.62 bits per heavy atom. The van der Waals surface area contributed by atoms with E-state index in [1.54, 1.807) is 12.7 Å². The molecule has 0 spiro atoms. The van der Waals surface area contributed by atoms with Crippen LogP contribution in [0.15, 0.2) is 49.1 Å². The van der Waals surface area contributed by atoms with Crippen LogP contribution in [0.25, 0.3) is 5.69 Å². The van der Waals surface area contributed by atoms with E-state index in [9.17, 15) is 4.79 Å². The number of amides is 1. The molecule has 0 saturated heterocycles. The Morgan fingerprint density at radius 1 is 1.04 bits per heavy atom. The summed E-state index contributed by atoms with van der Waals surface area (Å²) in [6, 6.07) is 11.7. The first-order valence-electron chi connectivity index (χ1n) is 7.95. The van der Waals surface area contributed by atoms with Crippen molar-refractivity contribution in [2.75, 3.05) is 5.32 Å². The Balaban J connectivity index is 1.85. The number of nitrogens with one attached hydrogen (secondary N) is 1. The summed E-state index contributed by atoms with van der Waals surface area (Å²) in [5.41, 5.74) is 5.69. The number of anilines is 1. The monoisotopic (exact) mass is 320 g/mol. The van der Waals surface area contributed by atoms with Gasteiger partial charge in [0.25, 0.3) is 5.91 Å². The van der Waals surface area contributed by atoms with Crippen LogP contribution < -0.4 is 5.32 Å². The van der Waals surface area contributed by atoms with Gasteiger partial charge in [-0.2, -0.15) is 0 Å². The Kier molecular flexibility index (Phi) is 4.42. The molecule has 0 aliphatic rings. The van der Waals surface area contributed by atoms with E-state index >= 15 is 0 Å². The van der Waals surface area contributed by atoms with Gasteiger partial charge in [0, 0.05) is 16.9 Å². The highest BCUT2D eigenvalue weighted by Crippen LogP contribution is 2.24. The van der Waals surface area contributed by atoms with Gasteiger partial charge >= 0.3 is 0 Å². The lowest BCUT2D eigenvalue weighted by atomic mass is 10.1. The van der Waals surface area contributed by atoms with Crippen LogP contribution in [0.3, 0.4) is 0 Å². The van der Waals surface area contributed by atoms with Gasteiger partial charge in [-0.15, -0.1) is 10.2 Å². The maximum absolute atomic E-state index is 12.5. The molecule has 5 heteroatoms. The van der Waals surface area contributed by atoms with Crippen molar-refractivity contribution in [3.63, 3.8) is 0 Å². The lowest BCUT2D eigenvalue weighted by Gasteiger charge is -2.14. The van der Waals surface area contributed by atoms with Crippen molar-refractivity contribution < 1.29 is 4.79 Å². The number of aromatic nitrogens is 3. The van der Waals surface area contributed by atoms with E-state index in [0.29, 0.717) is 5.56 Å². The largest absolute Gasteiger partial charge is 0.322 e. The zero-order chi connectivity index (χ0) is 17.1. The second-order valence-electron chi connectivity index (χ2n) is 5.83. The molecule has 1 heterocycles. The van der Waals surface area contributed by atoms with Crippen LogP contribution in [-0.4, -0.2) is 20.7 Å². The van der Waals surface area contributed by atoms with Crippen molar-refractivity contribution in [2.24, 2.45) is 0 Å². The molecule has 5 nitrogen and oxygen atoms in total. The molecule has 24 heavy (non-hydrogen) atoms. The Labute approximate surface area is 141 Å². The minimum Gasteiger partial charge on any atom is -0.322 e. The molecule has 0 fully saturated rings. The average Bonchev–Trinajstić information content (AvgIpc) is 3.12. The van der Waals surface area contributed by atoms with Crippen molar-refractivity contribution in [3.05, 3.63) is 71.3 Å². The number of carbonyl (C=O) groups is 1. The summed E-state index contributed by atoms with van der Waals surface area (Å²) in [6.45, 7) is 6.06. The third-order valence-corrected chi connectivity index (χ3v) is 4.10. The first-order chi connectivity index (χ1) is 11.6. The van der Waals surface area contributed by atoms with Crippen LogP contribution in [0.4, 0.5) is 5.69 Å². The van der Waals surface area contributed by atoms with E-state index in [2.05, 4.69) is 22.4 Å². The smallest absolute Gasteiger partial charge is 0.255 e. The number of hydrogen-bond donors (Lipinski definition) is 1. The molecule has 3 rings (SSSR count). The number of aryl methyl sites for hydroxylation is 3. The molecule has 122 valence electrons. The van der Waals surface area contributed by atoms with Crippen LogP contribution in [0.5, 0.6) is 0 Å². The van der Waals surface area contributed by atoms with Crippen LogP contribution in [0, 0.1) is 13.8 Å². The quantitative estimate of drug-likeness (QED) is 0.797. The van der Waals surface area contributed by atoms with E-state index < -0.39 is 0 Å². The molecule has 1 aromatic heterocycles. The van der Waals surface area contributed by atoms with Gasteiger partial charge in [-0.1, -0.05) is 19.1 Å². The van der Waals surface area contributed by atoms with Crippen molar-refractivity contribution >= 4 is 11.6 Å². The van der Waals surface area contributed by atoms with E-state index in [4.69, 9.17) is 0 Å². The fraction of sp³-hybridized carbons (Fsp3) is 0.211. The number of benzene rings is 2. The normalized spacial score (nSPS) is 10.6. The highest BCUT2D eigenvalue weighted by atomic mass is 16.1. The van der Waals surface area contributed by atoms with Crippen molar-refractivity contribution in [2.45, 2.75) is 27.2 Å². The summed E-state index contributed by atoms with van der Waals surface area (Å²) in [7, 11) is 0. The van der Waals surface area contributed by atoms with Crippen LogP contribution >= 0.6 is 0 Å². The molecule has 3 aromatic rings. The van der Waals surface area contributed by atoms with E-state index in [-0.39, 0.29) is 5.91 Å². The second kappa shape index (κ2) is 6.66. The maximum atomic E-state index is 12.5. The number of nitrogens with zero attached hydrogens (tertiary/aromatic N) is 3. The van der Waals surface area contributed by atoms with Crippen LogP contribution in [0.1, 0.15) is 34.0 Å². The summed E-state index contributed by atoms with van der Waals surface area (Å²) in [6.07, 6.45) is 4.27. The lowest BCUT2D eigenvalue weighted by Crippen LogP contribution is -2.14. The lowest BCUT2D eigenvalue weighted by molar-refractivity contribution is 0.102. The minimum absolute atomic E-state index is 0.0964. The molecular formula is C19H20N4O. The molecule has 0 radical (unpaired) electrons. The molecule has 0 bridgehead atoms. The Bertz CT molecular complexity index is 829. The molecule has 0 aliphatic heterocycles. The Hall–Kier alpha value is -2.95. The zero-order valence-corrected chi connectivity index (χ0v) is 14.1. The standard InChI is InChI=1S/C19H20N4O/c1-4-15-5-7-16(8-6-15)19(24)22-18-13(2)9-17(10-14(18)3)23-11-20-21-12-23/h5-12H,4H2,1-3H3,(H,22,24). The molecule has 0 aliphatic carbocycles. The SMILES string of the molecule is CCc1ccc(C(=O)Nc2c(C)cc(-n3cnnc3)cc2C)cc1. The van der Waals surface area contributed by atoms with Crippen molar-refractivity contribution in [1.82, 2.24) is 14.8 Å².